The van der Waals surface area contributed by atoms with Gasteiger partial charge >= 0.3 is 11.7 Å². The maximum absolute atomic E-state index is 13.3. The number of aryl methyl sites for hydroxylation is 2. The van der Waals surface area contributed by atoms with Crippen molar-refractivity contribution in [1.82, 2.24) is 15.0 Å². The van der Waals surface area contributed by atoms with Gasteiger partial charge in [-0.1, -0.05) is 47.7 Å². The Morgan fingerprint density at radius 2 is 2.00 bits per heavy atom. The zero-order valence-electron chi connectivity index (χ0n) is 19.0. The van der Waals surface area contributed by atoms with Gasteiger partial charge in [0.2, 0.25) is 0 Å². The van der Waals surface area contributed by atoms with E-state index in [9.17, 15) is 14.4 Å². The molecule has 176 valence electrons. The molecule has 8 nitrogen and oxygen atoms in total. The minimum absolute atomic E-state index is 0.0358. The number of esters is 1. The van der Waals surface area contributed by atoms with Crippen molar-refractivity contribution in [3.05, 3.63) is 79.5 Å². The Kier molecular flexibility index (Phi) is 7.28. The third-order valence-electron chi connectivity index (χ3n) is 5.33. The topological polar surface area (TPSA) is 105 Å². The number of thioether (sulfide) groups is 1. The zero-order valence-corrected chi connectivity index (χ0v) is 20.7. The van der Waals surface area contributed by atoms with Crippen LogP contribution in [0.25, 0.3) is 0 Å². The first-order chi connectivity index (χ1) is 16.4. The highest BCUT2D eigenvalue weighted by atomic mass is 32.2. The molecule has 1 aliphatic heterocycles. The highest BCUT2D eigenvalue weighted by Crippen LogP contribution is 2.35. The normalized spacial score (nSPS) is 15.3. The summed E-state index contributed by atoms with van der Waals surface area (Å²) in [6, 6.07) is 11.8. The third kappa shape index (κ3) is 5.13. The molecule has 1 atom stereocenters. The molecule has 1 amide bonds. The molecule has 10 heteroatoms. The summed E-state index contributed by atoms with van der Waals surface area (Å²) in [6.45, 7) is 5.51. The predicted molar refractivity (Wildman–Crippen MR) is 133 cm³/mol. The fourth-order valence-electron chi connectivity index (χ4n) is 3.68. The van der Waals surface area contributed by atoms with Gasteiger partial charge in [-0.05, 0) is 37.8 Å². The van der Waals surface area contributed by atoms with Crippen molar-refractivity contribution < 1.29 is 14.3 Å². The highest BCUT2D eigenvalue weighted by Gasteiger charge is 2.33. The molecule has 1 aliphatic rings. The largest absolute Gasteiger partial charge is 0.462 e. The standard InChI is InChI=1S/C24H24N4O4S2/c1-4-32-23(30)21-15(3)25-24(31)26-22(21)34-13-20(29)28-18(16-9-7-14(2)8-10-16)12-17(27-28)19-6-5-11-33-19/h5-11,18H,4,12-13H2,1-3H3,(H,25,26,31). The number of thiophene rings is 1. The van der Waals surface area contributed by atoms with Crippen LogP contribution in [-0.2, 0) is 9.53 Å². The molecule has 0 saturated heterocycles. The molecule has 3 heterocycles. The number of aromatic amines is 1. The lowest BCUT2D eigenvalue weighted by molar-refractivity contribution is -0.130. The van der Waals surface area contributed by atoms with Crippen molar-refractivity contribution in [3.63, 3.8) is 0 Å². The SMILES string of the molecule is CCOC(=O)c1c(SCC(=O)N2N=C(c3cccs3)CC2c2ccc(C)cc2)nc(=O)[nH]c1C. The number of carbonyl (C=O) groups excluding carboxylic acids is 2. The lowest BCUT2D eigenvalue weighted by atomic mass is 10.00. The number of benzene rings is 1. The minimum Gasteiger partial charge on any atom is -0.462 e. The molecule has 2 aromatic heterocycles. The first kappa shape index (κ1) is 23.9. The predicted octanol–water partition coefficient (Wildman–Crippen LogP) is 4.09. The molecule has 1 unspecified atom stereocenters. The molecule has 0 spiro atoms. The molecule has 3 aromatic rings. The molecule has 4 rings (SSSR count). The lowest BCUT2D eigenvalue weighted by Gasteiger charge is -2.22. The number of nitrogens with one attached hydrogen (secondary N) is 1. The number of aromatic nitrogens is 2. The Hall–Kier alpha value is -3.24. The molecule has 34 heavy (non-hydrogen) atoms. The molecule has 1 N–H and O–H groups in total. The van der Waals surface area contributed by atoms with Gasteiger partial charge in [0.1, 0.15) is 10.6 Å². The molecule has 0 bridgehead atoms. The Balaban J connectivity index is 1.60. The maximum Gasteiger partial charge on any atom is 0.346 e. The summed E-state index contributed by atoms with van der Waals surface area (Å²) in [5, 5.41) is 8.32. The van der Waals surface area contributed by atoms with E-state index in [0.717, 1.165) is 33.5 Å². The van der Waals surface area contributed by atoms with Crippen molar-refractivity contribution >= 4 is 40.7 Å². The molecule has 0 saturated carbocycles. The van der Waals surface area contributed by atoms with Gasteiger partial charge in [0, 0.05) is 12.1 Å². The van der Waals surface area contributed by atoms with Crippen LogP contribution in [0.1, 0.15) is 51.4 Å². The minimum atomic E-state index is -0.588. The van der Waals surface area contributed by atoms with Gasteiger partial charge in [0.05, 0.1) is 29.0 Å². The van der Waals surface area contributed by atoms with Gasteiger partial charge < -0.3 is 9.72 Å². The quantitative estimate of drug-likeness (QED) is 0.300. The van der Waals surface area contributed by atoms with Gasteiger partial charge in [-0.3, -0.25) is 4.79 Å². The number of rotatable bonds is 7. The van der Waals surface area contributed by atoms with Crippen molar-refractivity contribution in [2.45, 2.75) is 38.3 Å². The molecule has 0 radical (unpaired) electrons. The van der Waals surface area contributed by atoms with Crippen LogP contribution in [0, 0.1) is 13.8 Å². The van der Waals surface area contributed by atoms with E-state index in [-0.39, 0.29) is 34.9 Å². The fraction of sp³-hybridized carbons (Fsp3) is 0.292. The van der Waals surface area contributed by atoms with Crippen LogP contribution in [0.4, 0.5) is 0 Å². The van der Waals surface area contributed by atoms with Gasteiger partial charge in [-0.15, -0.1) is 11.3 Å². The highest BCUT2D eigenvalue weighted by molar-refractivity contribution is 8.00. The van der Waals surface area contributed by atoms with Crippen LogP contribution in [0.15, 0.2) is 56.7 Å². The van der Waals surface area contributed by atoms with Crippen LogP contribution < -0.4 is 5.69 Å². The smallest absolute Gasteiger partial charge is 0.346 e. The number of ether oxygens (including phenoxy) is 1. The van der Waals surface area contributed by atoms with E-state index in [1.807, 2.05) is 48.7 Å². The van der Waals surface area contributed by atoms with Gasteiger partial charge in [-0.25, -0.2) is 14.6 Å². The summed E-state index contributed by atoms with van der Waals surface area (Å²) in [6.07, 6.45) is 0.608. The first-order valence-electron chi connectivity index (χ1n) is 10.8. The monoisotopic (exact) mass is 496 g/mol. The number of H-pyrrole nitrogens is 1. The van der Waals surface area contributed by atoms with Crippen LogP contribution in [0.5, 0.6) is 0 Å². The van der Waals surface area contributed by atoms with E-state index in [4.69, 9.17) is 4.74 Å². The Morgan fingerprint density at radius 3 is 2.68 bits per heavy atom. The van der Waals surface area contributed by atoms with Gasteiger partial charge in [0.15, 0.2) is 0 Å². The summed E-state index contributed by atoms with van der Waals surface area (Å²) in [5.41, 5.74) is 2.92. The van der Waals surface area contributed by atoms with Crippen molar-refractivity contribution in [3.8, 4) is 0 Å². The van der Waals surface area contributed by atoms with Crippen molar-refractivity contribution in [2.75, 3.05) is 12.4 Å². The maximum atomic E-state index is 13.3. The van der Waals surface area contributed by atoms with Crippen LogP contribution >= 0.6 is 23.1 Å². The molecule has 0 fully saturated rings. The second kappa shape index (κ2) is 10.4. The van der Waals surface area contributed by atoms with Crippen LogP contribution in [-0.4, -0.2) is 44.9 Å². The summed E-state index contributed by atoms with van der Waals surface area (Å²) in [5.74, 6) is -0.863. The second-order valence-electron chi connectivity index (χ2n) is 7.75. The summed E-state index contributed by atoms with van der Waals surface area (Å²) >= 11 is 2.62. The Labute approximate surface area is 205 Å². The first-order valence-corrected chi connectivity index (χ1v) is 12.6. The van der Waals surface area contributed by atoms with Crippen molar-refractivity contribution in [2.24, 2.45) is 5.10 Å². The average Bonchev–Trinajstić information content (AvgIpc) is 3.48. The molecule has 0 aliphatic carbocycles. The second-order valence-corrected chi connectivity index (χ2v) is 9.66. The van der Waals surface area contributed by atoms with Crippen LogP contribution in [0.2, 0.25) is 0 Å². The average molecular weight is 497 g/mol. The van der Waals surface area contributed by atoms with Crippen LogP contribution in [0.3, 0.4) is 0 Å². The lowest BCUT2D eigenvalue weighted by Crippen LogP contribution is -2.29. The van der Waals surface area contributed by atoms with E-state index in [1.165, 1.54) is 5.01 Å². The van der Waals surface area contributed by atoms with E-state index in [2.05, 4.69) is 15.1 Å². The Morgan fingerprint density at radius 1 is 1.24 bits per heavy atom. The number of hydrogen-bond donors (Lipinski definition) is 1. The van der Waals surface area contributed by atoms with Gasteiger partial charge in [-0.2, -0.15) is 10.1 Å². The third-order valence-corrected chi connectivity index (χ3v) is 7.21. The fourth-order valence-corrected chi connectivity index (χ4v) is 5.33. The number of amides is 1. The van der Waals surface area contributed by atoms with E-state index in [0.29, 0.717) is 12.1 Å². The summed E-state index contributed by atoms with van der Waals surface area (Å²) < 4.78 is 5.11. The number of hydrazone groups is 1. The summed E-state index contributed by atoms with van der Waals surface area (Å²) in [4.78, 5) is 45.2. The van der Waals surface area contributed by atoms with Crippen molar-refractivity contribution in [1.29, 1.82) is 0 Å². The molecule has 1 aromatic carbocycles. The van der Waals surface area contributed by atoms with E-state index in [1.54, 1.807) is 25.2 Å². The molecular formula is C24H24N4O4S2. The van der Waals surface area contributed by atoms with E-state index >= 15 is 0 Å². The zero-order chi connectivity index (χ0) is 24.2. The Bertz CT molecular complexity index is 1280. The number of hydrogen-bond acceptors (Lipinski definition) is 8. The summed E-state index contributed by atoms with van der Waals surface area (Å²) in [7, 11) is 0. The molecular weight excluding hydrogens is 472 g/mol. The van der Waals surface area contributed by atoms with Gasteiger partial charge in [0.25, 0.3) is 5.91 Å². The van der Waals surface area contributed by atoms with E-state index < -0.39 is 11.7 Å². The number of carbonyl (C=O) groups is 2. The number of nitrogens with zero attached hydrogens (tertiary/aromatic N) is 3.